The zero-order valence-corrected chi connectivity index (χ0v) is 16.5. The van der Waals surface area contributed by atoms with Gasteiger partial charge in [0.05, 0.1) is 0 Å². The maximum Gasteiger partial charge on any atom is 0.321 e. The van der Waals surface area contributed by atoms with Gasteiger partial charge in [0.1, 0.15) is 5.75 Å². The van der Waals surface area contributed by atoms with E-state index in [9.17, 15) is 24.9 Å². The highest BCUT2D eigenvalue weighted by molar-refractivity contribution is 5.98. The maximum atomic E-state index is 11.8. The molecule has 0 aliphatic heterocycles. The van der Waals surface area contributed by atoms with Gasteiger partial charge in [0.2, 0.25) is 0 Å². The second kappa shape index (κ2) is 7.14. The number of carboxylic acid groups (broad SMARTS) is 2. The van der Waals surface area contributed by atoms with E-state index in [1.807, 2.05) is 41.5 Å². The number of allylic oxidation sites excluding steroid dienone is 1. The molecule has 0 atom stereocenters. The standard InChI is InChI=1S/C21H30O5/c1-8-9-21(17(23)24,18(25)26)12-13-10-14(19(2,3)4)16(22)15(11-13)20(5,6)7/h8,10-11,22H,1,9,12H2,2-7H3,(H,23,24)(H,25,26). The Balaban J connectivity index is 3.69. The summed E-state index contributed by atoms with van der Waals surface area (Å²) in [6.07, 6.45) is 0.947. The molecule has 0 aliphatic carbocycles. The first-order chi connectivity index (χ1) is 11.7. The third kappa shape index (κ3) is 4.26. The molecule has 0 saturated carbocycles. The Morgan fingerprint density at radius 2 is 1.35 bits per heavy atom. The largest absolute Gasteiger partial charge is 0.507 e. The van der Waals surface area contributed by atoms with Gasteiger partial charge in [-0.25, -0.2) is 0 Å². The van der Waals surface area contributed by atoms with Crippen LogP contribution >= 0.6 is 0 Å². The minimum atomic E-state index is -1.98. The van der Waals surface area contributed by atoms with Crippen LogP contribution in [0.1, 0.15) is 64.7 Å². The SMILES string of the molecule is C=CCC(Cc1cc(C(C)(C)C)c(O)c(C(C)(C)C)c1)(C(=O)O)C(=O)O. The molecule has 0 amide bonds. The molecule has 0 spiro atoms. The summed E-state index contributed by atoms with van der Waals surface area (Å²) in [5.74, 6) is -2.62. The molecule has 0 aromatic heterocycles. The fourth-order valence-corrected chi connectivity index (χ4v) is 3.02. The van der Waals surface area contributed by atoms with Crippen molar-refractivity contribution >= 4 is 11.9 Å². The number of hydrogen-bond acceptors (Lipinski definition) is 3. The van der Waals surface area contributed by atoms with Gasteiger partial charge in [0.25, 0.3) is 0 Å². The molecule has 1 rings (SSSR count). The van der Waals surface area contributed by atoms with Gasteiger partial charge in [-0.3, -0.25) is 9.59 Å². The Hall–Kier alpha value is -2.30. The van der Waals surface area contributed by atoms with E-state index >= 15 is 0 Å². The lowest BCUT2D eigenvalue weighted by Crippen LogP contribution is -2.41. The number of carboxylic acids is 2. The molecule has 3 N–H and O–H groups in total. The minimum Gasteiger partial charge on any atom is -0.507 e. The molecule has 0 heterocycles. The first-order valence-electron chi connectivity index (χ1n) is 8.61. The van der Waals surface area contributed by atoms with Crippen molar-refractivity contribution in [3.63, 3.8) is 0 Å². The van der Waals surface area contributed by atoms with E-state index < -0.39 is 17.4 Å². The van der Waals surface area contributed by atoms with Gasteiger partial charge < -0.3 is 15.3 Å². The Labute approximate surface area is 155 Å². The van der Waals surface area contributed by atoms with E-state index in [-0.39, 0.29) is 29.4 Å². The van der Waals surface area contributed by atoms with Crippen LogP contribution in [-0.4, -0.2) is 27.3 Å². The summed E-state index contributed by atoms with van der Waals surface area (Å²) < 4.78 is 0. The zero-order valence-electron chi connectivity index (χ0n) is 16.5. The van der Waals surface area contributed by atoms with Crippen LogP contribution in [-0.2, 0) is 26.8 Å². The fourth-order valence-electron chi connectivity index (χ4n) is 3.02. The van der Waals surface area contributed by atoms with Crippen molar-refractivity contribution < 1.29 is 24.9 Å². The van der Waals surface area contributed by atoms with Gasteiger partial charge in [0.15, 0.2) is 5.41 Å². The first-order valence-corrected chi connectivity index (χ1v) is 8.61. The molecule has 1 aromatic carbocycles. The quantitative estimate of drug-likeness (QED) is 0.519. The summed E-state index contributed by atoms with van der Waals surface area (Å²) in [7, 11) is 0. The van der Waals surface area contributed by atoms with E-state index in [0.29, 0.717) is 16.7 Å². The van der Waals surface area contributed by atoms with Gasteiger partial charge in [-0.15, -0.1) is 6.58 Å². The summed E-state index contributed by atoms with van der Waals surface area (Å²) >= 11 is 0. The molecule has 1 aromatic rings. The van der Waals surface area contributed by atoms with Crippen molar-refractivity contribution in [2.45, 2.75) is 65.2 Å². The summed E-state index contributed by atoms with van der Waals surface area (Å²) in [6, 6.07) is 3.43. The number of benzene rings is 1. The van der Waals surface area contributed by atoms with Crippen molar-refractivity contribution in [1.82, 2.24) is 0 Å². The van der Waals surface area contributed by atoms with E-state index in [4.69, 9.17) is 0 Å². The number of phenols is 1. The van der Waals surface area contributed by atoms with Crippen LogP contribution in [0.15, 0.2) is 24.8 Å². The summed E-state index contributed by atoms with van der Waals surface area (Å²) in [5, 5.41) is 30.0. The normalized spacial score (nSPS) is 12.7. The zero-order chi connectivity index (χ0) is 20.5. The molecule has 0 fully saturated rings. The number of aliphatic carboxylic acids is 2. The number of phenolic OH excluding ortho intramolecular Hbond substituents is 1. The second-order valence-electron chi connectivity index (χ2n) is 8.90. The highest BCUT2D eigenvalue weighted by atomic mass is 16.4. The van der Waals surface area contributed by atoms with Crippen molar-refractivity contribution in [3.05, 3.63) is 41.5 Å². The molecule has 144 valence electrons. The highest BCUT2D eigenvalue weighted by Crippen LogP contribution is 2.41. The Morgan fingerprint density at radius 3 is 1.62 bits per heavy atom. The summed E-state index contributed by atoms with van der Waals surface area (Å²) in [5.41, 5.74) is -0.833. The van der Waals surface area contributed by atoms with Crippen molar-refractivity contribution in [2.75, 3.05) is 0 Å². The monoisotopic (exact) mass is 362 g/mol. The molecule has 0 aliphatic rings. The molecule has 26 heavy (non-hydrogen) atoms. The van der Waals surface area contributed by atoms with Crippen LogP contribution in [0.2, 0.25) is 0 Å². The van der Waals surface area contributed by atoms with E-state index in [1.165, 1.54) is 6.08 Å². The first kappa shape index (κ1) is 21.7. The maximum absolute atomic E-state index is 11.8. The van der Waals surface area contributed by atoms with Gasteiger partial charge in [0, 0.05) is 0 Å². The summed E-state index contributed by atoms with van der Waals surface area (Å²) in [6.45, 7) is 15.2. The Bertz CT molecular complexity index is 668. The second-order valence-corrected chi connectivity index (χ2v) is 8.90. The van der Waals surface area contributed by atoms with Gasteiger partial charge in [-0.2, -0.15) is 0 Å². The average Bonchev–Trinajstić information content (AvgIpc) is 2.45. The lowest BCUT2D eigenvalue weighted by atomic mass is 9.74. The molecule has 0 unspecified atom stereocenters. The van der Waals surface area contributed by atoms with Crippen molar-refractivity contribution in [2.24, 2.45) is 5.41 Å². The minimum absolute atomic E-state index is 0.175. The van der Waals surface area contributed by atoms with Gasteiger partial charge >= 0.3 is 11.9 Å². The molecular weight excluding hydrogens is 332 g/mol. The van der Waals surface area contributed by atoms with Crippen molar-refractivity contribution in [1.29, 1.82) is 0 Å². The highest BCUT2D eigenvalue weighted by Gasteiger charge is 2.46. The van der Waals surface area contributed by atoms with Crippen LogP contribution in [0.4, 0.5) is 0 Å². The number of rotatable bonds is 6. The van der Waals surface area contributed by atoms with E-state index in [0.717, 1.165) is 0 Å². The van der Waals surface area contributed by atoms with E-state index in [1.54, 1.807) is 12.1 Å². The smallest absolute Gasteiger partial charge is 0.321 e. The molecule has 0 bridgehead atoms. The van der Waals surface area contributed by atoms with Crippen LogP contribution in [0, 0.1) is 5.41 Å². The Kier molecular flexibility index (Phi) is 5.97. The van der Waals surface area contributed by atoms with Crippen LogP contribution < -0.4 is 0 Å². The third-order valence-corrected chi connectivity index (χ3v) is 4.60. The molecular formula is C21H30O5. The third-order valence-electron chi connectivity index (χ3n) is 4.60. The molecule has 5 nitrogen and oxygen atoms in total. The van der Waals surface area contributed by atoms with Crippen LogP contribution in [0.3, 0.4) is 0 Å². The number of hydrogen-bond donors (Lipinski definition) is 3. The Morgan fingerprint density at radius 1 is 0.962 bits per heavy atom. The lowest BCUT2D eigenvalue weighted by Gasteiger charge is -2.30. The molecule has 5 heteroatoms. The summed E-state index contributed by atoms with van der Waals surface area (Å²) in [4.78, 5) is 23.6. The predicted octanol–water partition coefficient (Wildman–Crippen LogP) is 4.26. The number of carbonyl (C=O) groups is 2. The van der Waals surface area contributed by atoms with Crippen LogP contribution in [0.5, 0.6) is 5.75 Å². The molecule has 0 radical (unpaired) electrons. The van der Waals surface area contributed by atoms with Crippen LogP contribution in [0.25, 0.3) is 0 Å². The van der Waals surface area contributed by atoms with Gasteiger partial charge in [-0.1, -0.05) is 59.8 Å². The predicted molar refractivity (Wildman–Crippen MR) is 102 cm³/mol. The van der Waals surface area contributed by atoms with Gasteiger partial charge in [-0.05, 0) is 40.4 Å². The van der Waals surface area contributed by atoms with E-state index in [2.05, 4.69) is 6.58 Å². The van der Waals surface area contributed by atoms with Crippen molar-refractivity contribution in [3.8, 4) is 5.75 Å². The average molecular weight is 362 g/mol. The fraction of sp³-hybridized carbons (Fsp3) is 0.524. The topological polar surface area (TPSA) is 94.8 Å². The molecule has 0 saturated heterocycles. The lowest BCUT2D eigenvalue weighted by molar-refractivity contribution is -0.164. The number of aromatic hydroxyl groups is 1.